The third kappa shape index (κ3) is 5.07. The van der Waals surface area contributed by atoms with Gasteiger partial charge in [0.05, 0.1) is 13.0 Å². The maximum atomic E-state index is 11.9. The third-order valence-corrected chi connectivity index (χ3v) is 3.74. The molecule has 0 aliphatic heterocycles. The van der Waals surface area contributed by atoms with E-state index in [0.29, 0.717) is 19.4 Å². The first-order valence-corrected chi connectivity index (χ1v) is 7.64. The number of nitrogens with one attached hydrogen (secondary N) is 1. The molecule has 3 nitrogen and oxygen atoms in total. The average molecular weight is 299 g/mol. The second kappa shape index (κ2) is 8.25. The molecule has 0 saturated heterocycles. The molecule has 0 bridgehead atoms. The second-order valence-corrected chi connectivity index (χ2v) is 5.50. The maximum Gasteiger partial charge on any atom is 0.225 e. The zero-order chi connectivity index (χ0) is 14.9. The molecule has 108 valence electrons. The van der Waals surface area contributed by atoms with E-state index in [-0.39, 0.29) is 12.5 Å². The lowest BCUT2D eigenvalue weighted by Crippen LogP contribution is -2.24. The van der Waals surface area contributed by atoms with Crippen LogP contribution in [0.3, 0.4) is 0 Å². The first-order chi connectivity index (χ1) is 10.3. The highest BCUT2D eigenvalue weighted by Gasteiger charge is 2.05. The summed E-state index contributed by atoms with van der Waals surface area (Å²) in [6.07, 6.45) is 0.870. The highest BCUT2D eigenvalue weighted by molar-refractivity contribution is 7.10. The van der Waals surface area contributed by atoms with Crippen LogP contribution in [0.2, 0.25) is 0 Å². The quantitative estimate of drug-likeness (QED) is 0.833. The van der Waals surface area contributed by atoms with Gasteiger partial charge in [-0.1, -0.05) is 36.1 Å². The highest BCUT2D eigenvalue weighted by atomic mass is 32.1. The van der Waals surface area contributed by atoms with Crippen molar-refractivity contribution in [1.29, 1.82) is 0 Å². The topological polar surface area (TPSA) is 49.3 Å². The van der Waals surface area contributed by atoms with Crippen LogP contribution < -0.4 is 5.32 Å². The van der Waals surface area contributed by atoms with Crippen molar-refractivity contribution in [3.05, 3.63) is 57.8 Å². The highest BCUT2D eigenvalue weighted by Crippen LogP contribution is 2.10. The molecule has 1 heterocycles. The van der Waals surface area contributed by atoms with E-state index in [2.05, 4.69) is 17.2 Å². The van der Waals surface area contributed by atoms with Gasteiger partial charge in [-0.15, -0.1) is 11.3 Å². The summed E-state index contributed by atoms with van der Waals surface area (Å²) in [6.45, 7) is 0.529. The molecule has 0 spiro atoms. The van der Waals surface area contributed by atoms with Gasteiger partial charge in [-0.05, 0) is 23.1 Å². The van der Waals surface area contributed by atoms with E-state index >= 15 is 0 Å². The third-order valence-electron chi connectivity index (χ3n) is 2.87. The Morgan fingerprint density at radius 1 is 1.24 bits per heavy atom. The van der Waals surface area contributed by atoms with Crippen molar-refractivity contribution in [2.45, 2.75) is 19.4 Å². The summed E-state index contributed by atoms with van der Waals surface area (Å²) in [6, 6.07) is 11.6. The number of aliphatic hydroxyl groups is 1. The van der Waals surface area contributed by atoms with E-state index in [1.807, 2.05) is 41.8 Å². The van der Waals surface area contributed by atoms with Gasteiger partial charge in [-0.3, -0.25) is 4.79 Å². The molecule has 1 amide bonds. The van der Waals surface area contributed by atoms with Crippen molar-refractivity contribution in [1.82, 2.24) is 5.32 Å². The molecule has 4 heteroatoms. The number of carbonyl (C=O) groups excluding carboxylic acids is 1. The van der Waals surface area contributed by atoms with Crippen LogP contribution in [0.4, 0.5) is 0 Å². The second-order valence-electron chi connectivity index (χ2n) is 4.47. The van der Waals surface area contributed by atoms with Crippen molar-refractivity contribution in [3.8, 4) is 11.8 Å². The van der Waals surface area contributed by atoms with Crippen LogP contribution in [0.5, 0.6) is 0 Å². The van der Waals surface area contributed by atoms with Gasteiger partial charge in [0.25, 0.3) is 0 Å². The van der Waals surface area contributed by atoms with Crippen molar-refractivity contribution >= 4 is 17.2 Å². The number of amides is 1. The lowest BCUT2D eigenvalue weighted by molar-refractivity contribution is -0.120. The normalized spacial score (nSPS) is 9.76. The molecule has 2 rings (SSSR count). The van der Waals surface area contributed by atoms with Crippen LogP contribution in [0, 0.1) is 11.8 Å². The first-order valence-electron chi connectivity index (χ1n) is 6.76. The van der Waals surface area contributed by atoms with Crippen molar-refractivity contribution < 1.29 is 9.90 Å². The van der Waals surface area contributed by atoms with Gasteiger partial charge in [-0.2, -0.15) is 0 Å². The van der Waals surface area contributed by atoms with Crippen LogP contribution in [-0.4, -0.2) is 17.6 Å². The van der Waals surface area contributed by atoms with E-state index in [1.165, 1.54) is 0 Å². The molecule has 1 aromatic carbocycles. The van der Waals surface area contributed by atoms with Crippen LogP contribution in [0.1, 0.15) is 22.4 Å². The molecule has 0 unspecified atom stereocenters. The molecule has 2 N–H and O–H groups in total. The van der Waals surface area contributed by atoms with E-state index in [4.69, 9.17) is 5.11 Å². The summed E-state index contributed by atoms with van der Waals surface area (Å²) in [5.41, 5.74) is 1.88. The first kappa shape index (κ1) is 15.3. The molecule has 1 aromatic heterocycles. The van der Waals surface area contributed by atoms with Crippen LogP contribution >= 0.6 is 11.3 Å². The standard InChI is InChI=1S/C17H17NO2S/c19-10-4-3-7-14-6-1-2-8-15(14)13-18-17(20)12-16-9-5-11-21-16/h1-2,5-6,8-9,11,19H,4,10,12-13H2,(H,18,20). The van der Waals surface area contributed by atoms with Crippen molar-refractivity contribution in [3.63, 3.8) is 0 Å². The van der Waals surface area contributed by atoms with Crippen LogP contribution in [-0.2, 0) is 17.8 Å². The van der Waals surface area contributed by atoms with Gasteiger partial charge in [0, 0.05) is 23.4 Å². The van der Waals surface area contributed by atoms with Gasteiger partial charge in [-0.25, -0.2) is 0 Å². The summed E-state index contributed by atoms with van der Waals surface area (Å²) >= 11 is 1.58. The fraction of sp³-hybridized carbons (Fsp3) is 0.235. The summed E-state index contributed by atoms with van der Waals surface area (Å²) in [4.78, 5) is 12.9. The Labute approximate surface area is 128 Å². The van der Waals surface area contributed by atoms with E-state index in [1.54, 1.807) is 11.3 Å². The lowest BCUT2D eigenvalue weighted by Gasteiger charge is -2.06. The van der Waals surface area contributed by atoms with Gasteiger partial charge >= 0.3 is 0 Å². The minimum Gasteiger partial charge on any atom is -0.395 e. The smallest absolute Gasteiger partial charge is 0.225 e. The molecule has 0 atom stereocenters. The molecular weight excluding hydrogens is 282 g/mol. The SMILES string of the molecule is O=C(Cc1cccs1)NCc1ccccc1C#CCCO. The average Bonchev–Trinajstić information content (AvgIpc) is 2.99. The monoisotopic (exact) mass is 299 g/mol. The summed E-state index contributed by atoms with van der Waals surface area (Å²) in [5.74, 6) is 5.94. The van der Waals surface area contributed by atoms with Gasteiger partial charge in [0.1, 0.15) is 0 Å². The fourth-order valence-electron chi connectivity index (χ4n) is 1.84. The summed E-state index contributed by atoms with van der Waals surface area (Å²) < 4.78 is 0. The number of carbonyl (C=O) groups is 1. The number of hydrogen-bond acceptors (Lipinski definition) is 3. The van der Waals surface area contributed by atoms with E-state index < -0.39 is 0 Å². The molecule has 2 aromatic rings. The van der Waals surface area contributed by atoms with Gasteiger partial charge in [0.2, 0.25) is 5.91 Å². The maximum absolute atomic E-state index is 11.9. The predicted octanol–water partition coefficient (Wildman–Crippen LogP) is 2.34. The molecule has 0 aliphatic rings. The number of rotatable bonds is 5. The molecule has 0 aliphatic carbocycles. The molecular formula is C17H17NO2S. The Kier molecular flexibility index (Phi) is 6.01. The van der Waals surface area contributed by atoms with Crippen molar-refractivity contribution in [2.75, 3.05) is 6.61 Å². The van der Waals surface area contributed by atoms with Gasteiger partial charge < -0.3 is 10.4 Å². The van der Waals surface area contributed by atoms with E-state index in [9.17, 15) is 4.79 Å². The Balaban J connectivity index is 1.94. The molecule has 21 heavy (non-hydrogen) atoms. The fourth-order valence-corrected chi connectivity index (χ4v) is 2.54. The van der Waals surface area contributed by atoms with Crippen LogP contribution in [0.25, 0.3) is 0 Å². The lowest BCUT2D eigenvalue weighted by atomic mass is 10.1. The van der Waals surface area contributed by atoms with Crippen LogP contribution in [0.15, 0.2) is 41.8 Å². The van der Waals surface area contributed by atoms with Crippen molar-refractivity contribution in [2.24, 2.45) is 0 Å². The predicted molar refractivity (Wildman–Crippen MR) is 84.9 cm³/mol. The Bertz CT molecular complexity index is 638. The van der Waals surface area contributed by atoms with Gasteiger partial charge in [0.15, 0.2) is 0 Å². The number of thiophene rings is 1. The Morgan fingerprint density at radius 3 is 2.86 bits per heavy atom. The minimum atomic E-state index is 0.00979. The molecule has 0 radical (unpaired) electrons. The minimum absolute atomic E-state index is 0.00979. The number of benzene rings is 1. The Morgan fingerprint density at radius 2 is 2.10 bits per heavy atom. The zero-order valence-corrected chi connectivity index (χ0v) is 12.5. The summed E-state index contributed by atoms with van der Waals surface area (Å²) in [7, 11) is 0. The zero-order valence-electron chi connectivity index (χ0n) is 11.6. The number of aliphatic hydroxyl groups excluding tert-OH is 1. The Hall–Kier alpha value is -2.09. The number of hydrogen-bond donors (Lipinski definition) is 2. The largest absolute Gasteiger partial charge is 0.395 e. The van der Waals surface area contributed by atoms with E-state index in [0.717, 1.165) is 16.0 Å². The summed E-state index contributed by atoms with van der Waals surface area (Å²) in [5, 5.41) is 13.6. The molecule has 0 fully saturated rings. The molecule has 0 saturated carbocycles.